The topological polar surface area (TPSA) is 95.5 Å². The molecule has 0 spiro atoms. The Labute approximate surface area is 121 Å². The monoisotopic (exact) mass is 296 g/mol. The van der Waals surface area contributed by atoms with Crippen molar-refractivity contribution in [3.8, 4) is 0 Å². The second-order valence-corrected chi connectivity index (χ2v) is 4.69. The maximum Gasteiger partial charge on any atom is 0.322 e. The van der Waals surface area contributed by atoms with Crippen LogP contribution in [0.1, 0.15) is 19.8 Å². The van der Waals surface area contributed by atoms with Crippen LogP contribution in [0, 0.1) is 11.7 Å². The number of carboxylic acids is 1. The van der Waals surface area contributed by atoms with Crippen molar-refractivity contribution in [1.82, 2.24) is 5.32 Å². The molecule has 6 nitrogen and oxygen atoms in total. The quantitative estimate of drug-likeness (QED) is 0.734. The first-order valence-electron chi connectivity index (χ1n) is 6.45. The molecule has 2 amide bonds. The van der Waals surface area contributed by atoms with E-state index in [4.69, 9.17) is 5.11 Å². The summed E-state index contributed by atoms with van der Waals surface area (Å²) in [5, 5.41) is 12.1. The number of hydrogen-bond acceptors (Lipinski definition) is 3. The molecule has 0 aliphatic heterocycles. The molecule has 1 aromatic rings. The molecule has 1 aromatic carbocycles. The maximum atomic E-state index is 13.1. The molecule has 0 bridgehead atoms. The third-order valence-corrected chi connectivity index (χ3v) is 2.59. The average Bonchev–Trinajstić information content (AvgIpc) is 3.21. The Hall–Kier alpha value is -2.44. The molecular weight excluding hydrogens is 279 g/mol. The number of carbonyl (C=O) groups excluding carboxylic acids is 2. The molecular formula is C14H17FN2O4. The van der Waals surface area contributed by atoms with Gasteiger partial charge in [-0.25, -0.2) is 4.39 Å². The summed E-state index contributed by atoms with van der Waals surface area (Å²) < 4.78 is 13.1. The molecule has 0 unspecified atom stereocenters. The number of benzene rings is 1. The second kappa shape index (κ2) is 7.98. The van der Waals surface area contributed by atoms with Crippen molar-refractivity contribution in [2.24, 2.45) is 5.92 Å². The van der Waals surface area contributed by atoms with E-state index in [0.29, 0.717) is 0 Å². The number of aliphatic carboxylic acids is 1. The van der Waals surface area contributed by atoms with E-state index in [1.165, 1.54) is 31.0 Å². The van der Waals surface area contributed by atoms with Crippen molar-refractivity contribution in [3.63, 3.8) is 0 Å². The summed E-state index contributed by atoms with van der Waals surface area (Å²) in [5.74, 6) is -3.16. The van der Waals surface area contributed by atoms with E-state index >= 15 is 0 Å². The molecule has 1 aliphatic carbocycles. The summed E-state index contributed by atoms with van der Waals surface area (Å²) in [6.07, 6.45) is 2.97. The number of hydrogen-bond donors (Lipinski definition) is 3. The van der Waals surface area contributed by atoms with E-state index in [1.807, 2.05) is 10.6 Å². The number of nitrogens with one attached hydrogen (secondary N) is 2. The van der Waals surface area contributed by atoms with E-state index in [9.17, 15) is 18.8 Å². The van der Waals surface area contributed by atoms with Gasteiger partial charge in [0, 0.05) is 0 Å². The Morgan fingerprint density at radius 3 is 2.29 bits per heavy atom. The maximum absolute atomic E-state index is 13.1. The van der Waals surface area contributed by atoms with Gasteiger partial charge < -0.3 is 15.7 Å². The standard InChI is InChI=1S/C10H9FN2O4.C4H8/c11-6-3-1-2-4-7(6)13-10(17)9(16)12-5-8(14)15;1-4-2-3-4/h1-4H,5H2,(H,12,16)(H,13,17)(H,14,15);4H,2-3H2,1H3. The highest BCUT2D eigenvalue weighted by Gasteiger charge is 2.15. The summed E-state index contributed by atoms with van der Waals surface area (Å²) in [7, 11) is 0. The molecule has 3 N–H and O–H groups in total. The van der Waals surface area contributed by atoms with Gasteiger partial charge in [0.15, 0.2) is 0 Å². The molecule has 114 valence electrons. The number of carboxylic acid groups (broad SMARTS) is 1. The Kier molecular flexibility index (Phi) is 6.32. The van der Waals surface area contributed by atoms with Crippen molar-refractivity contribution in [3.05, 3.63) is 30.1 Å². The zero-order valence-corrected chi connectivity index (χ0v) is 11.6. The molecule has 7 heteroatoms. The Morgan fingerprint density at radius 1 is 1.24 bits per heavy atom. The van der Waals surface area contributed by atoms with Gasteiger partial charge in [-0.3, -0.25) is 14.4 Å². The molecule has 0 saturated heterocycles. The van der Waals surface area contributed by atoms with Crippen LogP contribution in [-0.4, -0.2) is 29.4 Å². The second-order valence-electron chi connectivity index (χ2n) is 4.69. The van der Waals surface area contributed by atoms with E-state index in [0.717, 1.165) is 12.0 Å². The summed E-state index contributed by atoms with van der Waals surface area (Å²) in [6.45, 7) is 1.60. The van der Waals surface area contributed by atoms with E-state index in [-0.39, 0.29) is 5.69 Å². The van der Waals surface area contributed by atoms with Crippen LogP contribution in [0.4, 0.5) is 10.1 Å². The molecule has 1 fully saturated rings. The average molecular weight is 296 g/mol. The van der Waals surface area contributed by atoms with Gasteiger partial charge in [0.25, 0.3) is 0 Å². The molecule has 2 rings (SSSR count). The predicted octanol–water partition coefficient (Wildman–Crippen LogP) is 1.38. The first-order valence-corrected chi connectivity index (χ1v) is 6.45. The van der Waals surface area contributed by atoms with Crippen molar-refractivity contribution in [2.75, 3.05) is 11.9 Å². The number of carbonyl (C=O) groups is 3. The lowest BCUT2D eigenvalue weighted by molar-refractivity contribution is -0.140. The summed E-state index contributed by atoms with van der Waals surface area (Å²) in [4.78, 5) is 32.4. The molecule has 1 saturated carbocycles. The number of rotatable bonds is 3. The Morgan fingerprint density at radius 2 is 1.81 bits per heavy atom. The van der Waals surface area contributed by atoms with Gasteiger partial charge in [-0.05, 0) is 18.1 Å². The summed E-state index contributed by atoms with van der Waals surface area (Å²) >= 11 is 0. The van der Waals surface area contributed by atoms with E-state index in [2.05, 4.69) is 6.92 Å². The fraction of sp³-hybridized carbons (Fsp3) is 0.357. The lowest BCUT2D eigenvalue weighted by Crippen LogP contribution is -2.38. The van der Waals surface area contributed by atoms with E-state index in [1.54, 1.807) is 0 Å². The van der Waals surface area contributed by atoms with Gasteiger partial charge in [-0.1, -0.05) is 31.9 Å². The van der Waals surface area contributed by atoms with Crippen LogP contribution in [0.25, 0.3) is 0 Å². The molecule has 0 aromatic heterocycles. The number of halogens is 1. The zero-order chi connectivity index (χ0) is 15.8. The first-order chi connectivity index (χ1) is 9.90. The molecule has 0 radical (unpaired) electrons. The zero-order valence-electron chi connectivity index (χ0n) is 11.6. The van der Waals surface area contributed by atoms with Crippen molar-refractivity contribution < 1.29 is 23.9 Å². The largest absolute Gasteiger partial charge is 0.480 e. The van der Waals surface area contributed by atoms with Crippen LogP contribution in [0.3, 0.4) is 0 Å². The van der Waals surface area contributed by atoms with Crippen LogP contribution in [-0.2, 0) is 14.4 Å². The van der Waals surface area contributed by atoms with Crippen LogP contribution in [0.15, 0.2) is 24.3 Å². The smallest absolute Gasteiger partial charge is 0.322 e. The van der Waals surface area contributed by atoms with Gasteiger partial charge in [0.1, 0.15) is 12.4 Å². The summed E-state index contributed by atoms with van der Waals surface area (Å²) in [6, 6.07) is 5.30. The minimum atomic E-state index is -1.28. The number of anilines is 1. The number of amides is 2. The van der Waals surface area contributed by atoms with Gasteiger partial charge in [0.05, 0.1) is 5.69 Å². The van der Waals surface area contributed by atoms with Gasteiger partial charge >= 0.3 is 17.8 Å². The normalized spacial score (nSPS) is 12.7. The van der Waals surface area contributed by atoms with Crippen LogP contribution in [0.5, 0.6) is 0 Å². The first kappa shape index (κ1) is 16.6. The fourth-order valence-corrected chi connectivity index (χ4v) is 1.14. The predicted molar refractivity (Wildman–Crippen MR) is 74.1 cm³/mol. The Balaban J connectivity index is 0.000000471. The van der Waals surface area contributed by atoms with Crippen molar-refractivity contribution in [1.29, 1.82) is 0 Å². The van der Waals surface area contributed by atoms with Gasteiger partial charge in [0.2, 0.25) is 0 Å². The highest BCUT2D eigenvalue weighted by atomic mass is 19.1. The third-order valence-electron chi connectivity index (χ3n) is 2.59. The SMILES string of the molecule is CC1CC1.O=C(O)CNC(=O)C(=O)Nc1ccccc1F. The minimum Gasteiger partial charge on any atom is -0.480 e. The highest BCUT2D eigenvalue weighted by Crippen LogP contribution is 2.26. The van der Waals surface area contributed by atoms with Crippen LogP contribution >= 0.6 is 0 Å². The van der Waals surface area contributed by atoms with E-state index < -0.39 is 30.1 Å². The van der Waals surface area contributed by atoms with Crippen molar-refractivity contribution in [2.45, 2.75) is 19.8 Å². The molecule has 0 heterocycles. The van der Waals surface area contributed by atoms with Crippen molar-refractivity contribution >= 4 is 23.5 Å². The third kappa shape index (κ3) is 7.05. The summed E-state index contributed by atoms with van der Waals surface area (Å²) in [5.41, 5.74) is -0.150. The molecule has 0 atom stereocenters. The Bertz CT molecular complexity index is 529. The van der Waals surface area contributed by atoms with Crippen LogP contribution in [0.2, 0.25) is 0 Å². The minimum absolute atomic E-state index is 0.150. The molecule has 1 aliphatic rings. The van der Waals surface area contributed by atoms with Gasteiger partial charge in [-0.2, -0.15) is 0 Å². The lowest BCUT2D eigenvalue weighted by atomic mass is 10.3. The van der Waals surface area contributed by atoms with Crippen LogP contribution < -0.4 is 10.6 Å². The lowest BCUT2D eigenvalue weighted by Gasteiger charge is -2.05. The fourth-order valence-electron chi connectivity index (χ4n) is 1.14. The highest BCUT2D eigenvalue weighted by molar-refractivity contribution is 6.39. The van der Waals surface area contributed by atoms with Gasteiger partial charge in [-0.15, -0.1) is 0 Å². The number of para-hydroxylation sites is 1. The molecule has 21 heavy (non-hydrogen) atoms.